The van der Waals surface area contributed by atoms with Gasteiger partial charge in [0, 0.05) is 0 Å². The molecule has 0 aromatic heterocycles. The number of esters is 1. The van der Waals surface area contributed by atoms with Crippen LogP contribution in [-0.2, 0) is 15.7 Å². The van der Waals surface area contributed by atoms with Crippen molar-refractivity contribution in [1.29, 1.82) is 0 Å². The number of benzene rings is 1. The molecule has 1 aromatic carbocycles. The third-order valence-electron chi connectivity index (χ3n) is 4.68. The average molecular weight is 415 g/mol. The Morgan fingerprint density at radius 1 is 1.00 bits per heavy atom. The lowest BCUT2D eigenvalue weighted by Gasteiger charge is -2.22. The highest BCUT2D eigenvalue weighted by Gasteiger charge is 2.36. The number of nitrogens with one attached hydrogen (secondary N) is 1. The molecule has 29 heavy (non-hydrogen) atoms. The Labute approximate surface area is 171 Å². The lowest BCUT2D eigenvalue weighted by Crippen LogP contribution is -2.45. The molecule has 164 valence electrons. The number of rotatable bonds is 12. The summed E-state index contributed by atoms with van der Waals surface area (Å²) in [4.78, 5) is 24.8. The Bertz CT molecular complexity index is 644. The molecule has 0 aliphatic rings. The Balaban J connectivity index is 2.59. The van der Waals surface area contributed by atoms with Crippen molar-refractivity contribution in [1.82, 2.24) is 5.32 Å². The van der Waals surface area contributed by atoms with Gasteiger partial charge in [-0.2, -0.15) is 13.2 Å². The molecule has 1 amide bonds. The molecule has 0 heterocycles. The number of halogens is 3. The molecule has 1 atom stereocenters. The summed E-state index contributed by atoms with van der Waals surface area (Å²) < 4.78 is 44.6. The largest absolute Gasteiger partial charge is 0.464 e. The summed E-state index contributed by atoms with van der Waals surface area (Å²) in [6, 6.07) is 3.51. The zero-order valence-corrected chi connectivity index (χ0v) is 17.5. The molecule has 0 aliphatic carbocycles. The number of amides is 1. The van der Waals surface area contributed by atoms with Crippen molar-refractivity contribution in [3.8, 4) is 0 Å². The van der Waals surface area contributed by atoms with Crippen LogP contribution in [0.5, 0.6) is 0 Å². The summed E-state index contributed by atoms with van der Waals surface area (Å²) in [6.07, 6.45) is 2.88. The first kappa shape index (κ1) is 25.0. The number of hydrogen-bond donors (Lipinski definition) is 1. The number of alkyl halides is 3. The topological polar surface area (TPSA) is 55.4 Å². The number of unbranched alkanes of at least 4 members (excludes halogenated alkanes) is 6. The van der Waals surface area contributed by atoms with E-state index in [1.165, 1.54) is 31.4 Å². The zero-order chi connectivity index (χ0) is 21.9. The molecule has 1 unspecified atom stereocenters. The minimum atomic E-state index is -4.65. The molecule has 0 bridgehead atoms. The van der Waals surface area contributed by atoms with Gasteiger partial charge in [-0.25, -0.2) is 4.79 Å². The average Bonchev–Trinajstić information content (AvgIpc) is 2.66. The van der Waals surface area contributed by atoms with Gasteiger partial charge < -0.3 is 10.1 Å². The Morgan fingerprint density at radius 3 is 2.17 bits per heavy atom. The van der Waals surface area contributed by atoms with Crippen LogP contribution in [0.4, 0.5) is 13.2 Å². The van der Waals surface area contributed by atoms with E-state index >= 15 is 0 Å². The smallest absolute Gasteiger partial charge is 0.417 e. The quantitative estimate of drug-likeness (QED) is 0.349. The lowest BCUT2D eigenvalue weighted by atomic mass is 10.0. The fourth-order valence-electron chi connectivity index (χ4n) is 2.97. The molecule has 0 radical (unpaired) electrons. The highest BCUT2D eigenvalue weighted by molar-refractivity contribution is 5.98. The van der Waals surface area contributed by atoms with Crippen LogP contribution in [0.3, 0.4) is 0 Å². The van der Waals surface area contributed by atoms with Crippen molar-refractivity contribution in [2.75, 3.05) is 6.61 Å². The Morgan fingerprint density at radius 2 is 1.59 bits per heavy atom. The van der Waals surface area contributed by atoms with Crippen molar-refractivity contribution in [2.24, 2.45) is 5.92 Å². The first-order valence-electron chi connectivity index (χ1n) is 10.3. The SMILES string of the molecule is CCCCCCCCCOC(=O)C(NC(=O)c1ccccc1C(F)(F)F)C(C)C. The van der Waals surface area contributed by atoms with Crippen molar-refractivity contribution in [3.05, 3.63) is 35.4 Å². The van der Waals surface area contributed by atoms with E-state index in [1.807, 2.05) is 0 Å². The van der Waals surface area contributed by atoms with Gasteiger partial charge in [0.1, 0.15) is 6.04 Å². The fraction of sp³-hybridized carbons (Fsp3) is 0.636. The van der Waals surface area contributed by atoms with Crippen molar-refractivity contribution in [2.45, 2.75) is 77.9 Å². The molecule has 7 heteroatoms. The van der Waals surface area contributed by atoms with Gasteiger partial charge in [0.15, 0.2) is 0 Å². The summed E-state index contributed by atoms with van der Waals surface area (Å²) in [5, 5.41) is 2.41. The summed E-state index contributed by atoms with van der Waals surface area (Å²) in [5.74, 6) is -1.88. The minimum Gasteiger partial charge on any atom is -0.464 e. The van der Waals surface area contributed by atoms with E-state index in [-0.39, 0.29) is 12.5 Å². The van der Waals surface area contributed by atoms with Crippen LogP contribution >= 0.6 is 0 Å². The first-order valence-corrected chi connectivity index (χ1v) is 10.3. The summed E-state index contributed by atoms with van der Waals surface area (Å²) in [5.41, 5.74) is -1.54. The van der Waals surface area contributed by atoms with Crippen molar-refractivity contribution >= 4 is 11.9 Å². The van der Waals surface area contributed by atoms with Crippen LogP contribution in [0.2, 0.25) is 0 Å². The van der Waals surface area contributed by atoms with Gasteiger partial charge in [0.2, 0.25) is 0 Å². The molecule has 0 aliphatic heterocycles. The van der Waals surface area contributed by atoms with Gasteiger partial charge in [0.05, 0.1) is 17.7 Å². The van der Waals surface area contributed by atoms with E-state index in [0.717, 1.165) is 37.8 Å². The maximum absolute atomic E-state index is 13.1. The normalized spacial score (nSPS) is 12.7. The molecule has 4 nitrogen and oxygen atoms in total. The first-order chi connectivity index (χ1) is 13.7. The highest BCUT2D eigenvalue weighted by Crippen LogP contribution is 2.31. The molecular formula is C22H32F3NO3. The molecule has 1 aromatic rings. The predicted octanol–water partition coefficient (Wildman–Crippen LogP) is 5.75. The van der Waals surface area contributed by atoms with Gasteiger partial charge in [-0.05, 0) is 24.5 Å². The fourth-order valence-corrected chi connectivity index (χ4v) is 2.97. The highest BCUT2D eigenvalue weighted by atomic mass is 19.4. The zero-order valence-electron chi connectivity index (χ0n) is 17.5. The third-order valence-corrected chi connectivity index (χ3v) is 4.68. The maximum Gasteiger partial charge on any atom is 0.417 e. The van der Waals surface area contributed by atoms with E-state index in [2.05, 4.69) is 12.2 Å². The van der Waals surface area contributed by atoms with Crippen molar-refractivity contribution in [3.63, 3.8) is 0 Å². The van der Waals surface area contributed by atoms with E-state index in [9.17, 15) is 22.8 Å². The van der Waals surface area contributed by atoms with E-state index in [4.69, 9.17) is 4.74 Å². The summed E-state index contributed by atoms with van der Waals surface area (Å²) in [6.45, 7) is 5.81. The standard InChI is InChI=1S/C22H32F3NO3/c1-4-5-6-7-8-9-12-15-29-21(28)19(16(2)3)26-20(27)17-13-10-11-14-18(17)22(23,24)25/h10-11,13-14,16,19H,4-9,12,15H2,1-3H3,(H,26,27). The molecule has 0 fully saturated rings. The van der Waals surface area contributed by atoms with Crippen LogP contribution < -0.4 is 5.32 Å². The van der Waals surface area contributed by atoms with E-state index in [0.29, 0.717) is 0 Å². The number of ether oxygens (including phenoxy) is 1. The van der Waals surface area contributed by atoms with E-state index in [1.54, 1.807) is 13.8 Å². The monoisotopic (exact) mass is 415 g/mol. The lowest BCUT2D eigenvalue weighted by molar-refractivity contribution is -0.147. The molecule has 0 saturated heterocycles. The number of hydrogen-bond acceptors (Lipinski definition) is 3. The van der Waals surface area contributed by atoms with Crippen LogP contribution in [0.25, 0.3) is 0 Å². The van der Waals surface area contributed by atoms with Gasteiger partial charge in [-0.3, -0.25) is 4.79 Å². The second kappa shape index (κ2) is 12.5. The second-order valence-corrected chi connectivity index (χ2v) is 7.53. The Hall–Kier alpha value is -2.05. The van der Waals surface area contributed by atoms with Gasteiger partial charge in [-0.1, -0.05) is 71.4 Å². The molecule has 1 N–H and O–H groups in total. The van der Waals surface area contributed by atoms with Gasteiger partial charge >= 0.3 is 12.1 Å². The van der Waals surface area contributed by atoms with Crippen LogP contribution in [0, 0.1) is 5.92 Å². The minimum absolute atomic E-state index is 0.241. The van der Waals surface area contributed by atoms with Crippen LogP contribution in [-0.4, -0.2) is 24.5 Å². The molecule has 1 rings (SSSR count). The van der Waals surface area contributed by atoms with Gasteiger partial charge in [0.25, 0.3) is 5.91 Å². The third kappa shape index (κ3) is 8.88. The number of carbonyl (C=O) groups excluding carboxylic acids is 2. The van der Waals surface area contributed by atoms with Crippen LogP contribution in [0.1, 0.15) is 81.6 Å². The molecular weight excluding hydrogens is 383 g/mol. The molecule has 0 spiro atoms. The van der Waals surface area contributed by atoms with Crippen LogP contribution in [0.15, 0.2) is 24.3 Å². The Kier molecular flexibility index (Phi) is 10.8. The molecule has 0 saturated carbocycles. The van der Waals surface area contributed by atoms with E-state index < -0.39 is 35.2 Å². The van der Waals surface area contributed by atoms with Crippen molar-refractivity contribution < 1.29 is 27.5 Å². The predicted molar refractivity (Wildman–Crippen MR) is 106 cm³/mol. The maximum atomic E-state index is 13.1. The van der Waals surface area contributed by atoms with Gasteiger partial charge in [-0.15, -0.1) is 0 Å². The number of carbonyl (C=O) groups is 2. The summed E-state index contributed by atoms with van der Waals surface area (Å²) >= 11 is 0. The second-order valence-electron chi connectivity index (χ2n) is 7.53. The summed E-state index contributed by atoms with van der Waals surface area (Å²) in [7, 11) is 0.